The van der Waals surface area contributed by atoms with Crippen LogP contribution in [0.25, 0.3) is 0 Å². The second-order valence-corrected chi connectivity index (χ2v) is 8.30. The Hall–Kier alpha value is -1.15. The first-order chi connectivity index (χ1) is 11.1. The van der Waals surface area contributed by atoms with Gasteiger partial charge in [0.1, 0.15) is 0 Å². The maximum Gasteiger partial charge on any atom is 0.156 e. The fourth-order valence-electron chi connectivity index (χ4n) is 6.04. The van der Waals surface area contributed by atoms with Gasteiger partial charge >= 0.3 is 0 Å². The molecule has 0 radical (unpaired) electrons. The van der Waals surface area contributed by atoms with E-state index in [4.69, 9.17) is 0 Å². The Morgan fingerprint density at radius 3 is 3.00 bits per heavy atom. The predicted octanol–water partition coefficient (Wildman–Crippen LogP) is 4.36. The van der Waals surface area contributed by atoms with Gasteiger partial charge in [-0.15, -0.1) is 0 Å². The van der Waals surface area contributed by atoms with E-state index in [0.29, 0.717) is 29.5 Å². The summed E-state index contributed by atoms with van der Waals surface area (Å²) in [6.07, 6.45) is 15.4. The number of aliphatic hydroxyl groups is 1. The number of carbonyl (C=O) groups excluding carboxylic acids is 1. The molecule has 1 unspecified atom stereocenters. The Kier molecular flexibility index (Phi) is 3.84. The Morgan fingerprint density at radius 2 is 2.17 bits per heavy atom. The van der Waals surface area contributed by atoms with Crippen molar-refractivity contribution in [3.05, 3.63) is 34.9 Å². The van der Waals surface area contributed by atoms with Gasteiger partial charge in [-0.25, -0.2) is 0 Å². The van der Waals surface area contributed by atoms with Crippen LogP contribution >= 0.6 is 0 Å². The van der Waals surface area contributed by atoms with Crippen LogP contribution in [0.5, 0.6) is 0 Å². The zero-order valence-corrected chi connectivity index (χ0v) is 14.2. The fourth-order valence-corrected chi connectivity index (χ4v) is 6.04. The average molecular weight is 312 g/mol. The summed E-state index contributed by atoms with van der Waals surface area (Å²) in [6, 6.07) is 0. The van der Waals surface area contributed by atoms with Gasteiger partial charge in [0.05, 0.1) is 6.61 Å². The van der Waals surface area contributed by atoms with E-state index >= 15 is 0 Å². The normalized spacial score (nSPS) is 40.0. The van der Waals surface area contributed by atoms with Crippen LogP contribution in [0.3, 0.4) is 0 Å². The van der Waals surface area contributed by atoms with Gasteiger partial charge in [0.15, 0.2) is 5.78 Å². The summed E-state index contributed by atoms with van der Waals surface area (Å²) < 4.78 is 0. The molecule has 0 aromatic heterocycles. The lowest BCUT2D eigenvalue weighted by molar-refractivity contribution is -0.114. The molecule has 2 heteroatoms. The van der Waals surface area contributed by atoms with Gasteiger partial charge in [0, 0.05) is 6.42 Å². The summed E-state index contributed by atoms with van der Waals surface area (Å²) in [6.45, 7) is 2.63. The van der Waals surface area contributed by atoms with Crippen LogP contribution in [-0.4, -0.2) is 17.5 Å². The summed E-state index contributed by atoms with van der Waals surface area (Å²) in [4.78, 5) is 11.9. The quantitative estimate of drug-likeness (QED) is 0.769. The number of rotatable bonds is 2. The number of carbonyl (C=O) groups is 1. The highest BCUT2D eigenvalue weighted by Gasteiger charge is 2.51. The Morgan fingerprint density at radius 1 is 1.30 bits per heavy atom. The second-order valence-electron chi connectivity index (χ2n) is 8.30. The molecule has 23 heavy (non-hydrogen) atoms. The molecule has 4 atom stereocenters. The highest BCUT2D eigenvalue weighted by Crippen LogP contribution is 2.61. The molecule has 1 N–H and O–H groups in total. The molecule has 0 aromatic carbocycles. The fraction of sp³-hybridized carbons (Fsp3) is 0.667. The average Bonchev–Trinajstić information content (AvgIpc) is 2.93. The second kappa shape index (κ2) is 5.73. The molecular weight excluding hydrogens is 284 g/mol. The minimum absolute atomic E-state index is 0.120. The summed E-state index contributed by atoms with van der Waals surface area (Å²) in [5, 5.41) is 9.24. The monoisotopic (exact) mass is 312 g/mol. The molecule has 0 bridgehead atoms. The van der Waals surface area contributed by atoms with E-state index in [1.807, 2.05) is 12.2 Å². The van der Waals surface area contributed by atoms with E-state index in [0.717, 1.165) is 18.8 Å². The third-order valence-corrected chi connectivity index (χ3v) is 7.10. The molecule has 2 fully saturated rings. The summed E-state index contributed by atoms with van der Waals surface area (Å²) in [5.41, 5.74) is 5.04. The first-order valence-electron chi connectivity index (χ1n) is 9.35. The van der Waals surface area contributed by atoms with Crippen molar-refractivity contribution in [3.63, 3.8) is 0 Å². The standard InChI is InChI=1S/C21H28O2/c1-21-9-2-5-19(21)20-14(4-3-11-22)12-15-13-16(23)6-7-17(15)18(20)8-10-21/h3-4,13-14,19-20,22H,2,5-12H2,1H3/t14?,19-,20+,21-/m0/s1. The molecule has 2 saturated carbocycles. The molecule has 0 spiro atoms. The molecule has 2 nitrogen and oxygen atoms in total. The lowest BCUT2D eigenvalue weighted by Gasteiger charge is -2.50. The van der Waals surface area contributed by atoms with Crippen molar-refractivity contribution in [2.75, 3.05) is 6.61 Å². The van der Waals surface area contributed by atoms with Gasteiger partial charge in [0.2, 0.25) is 0 Å². The van der Waals surface area contributed by atoms with Crippen LogP contribution < -0.4 is 0 Å². The van der Waals surface area contributed by atoms with Crippen molar-refractivity contribution in [2.24, 2.45) is 23.2 Å². The van der Waals surface area contributed by atoms with Gasteiger partial charge in [0.25, 0.3) is 0 Å². The largest absolute Gasteiger partial charge is 0.392 e. The third-order valence-electron chi connectivity index (χ3n) is 7.10. The van der Waals surface area contributed by atoms with Crippen LogP contribution in [0.1, 0.15) is 58.3 Å². The maximum atomic E-state index is 11.9. The van der Waals surface area contributed by atoms with Crippen molar-refractivity contribution >= 4 is 5.78 Å². The van der Waals surface area contributed by atoms with Crippen molar-refractivity contribution in [1.29, 1.82) is 0 Å². The van der Waals surface area contributed by atoms with Crippen LogP contribution in [0.4, 0.5) is 0 Å². The van der Waals surface area contributed by atoms with E-state index in [-0.39, 0.29) is 6.61 Å². The number of allylic oxidation sites excluding steroid dienone is 5. The lowest BCUT2D eigenvalue weighted by Crippen LogP contribution is -2.40. The molecule has 0 saturated heterocycles. The molecule has 4 rings (SSSR count). The van der Waals surface area contributed by atoms with Gasteiger partial charge in [-0.3, -0.25) is 4.79 Å². The molecular formula is C21H28O2. The van der Waals surface area contributed by atoms with E-state index in [1.54, 1.807) is 5.57 Å². The third kappa shape index (κ3) is 2.46. The van der Waals surface area contributed by atoms with Gasteiger partial charge in [-0.1, -0.05) is 31.1 Å². The summed E-state index contributed by atoms with van der Waals surface area (Å²) in [7, 11) is 0. The van der Waals surface area contributed by atoms with Gasteiger partial charge < -0.3 is 5.11 Å². The number of ketones is 1. The van der Waals surface area contributed by atoms with Crippen LogP contribution in [-0.2, 0) is 4.79 Å². The minimum Gasteiger partial charge on any atom is -0.392 e. The summed E-state index contributed by atoms with van der Waals surface area (Å²) >= 11 is 0. The minimum atomic E-state index is 0.120. The van der Waals surface area contributed by atoms with E-state index < -0.39 is 0 Å². The first-order valence-corrected chi connectivity index (χ1v) is 9.35. The number of hydrogen-bond donors (Lipinski definition) is 1. The first kappa shape index (κ1) is 15.4. The van der Waals surface area contributed by atoms with Gasteiger partial charge in [-0.05, 0) is 78.9 Å². The van der Waals surface area contributed by atoms with Gasteiger partial charge in [-0.2, -0.15) is 0 Å². The Labute approximate surface area is 139 Å². The number of fused-ring (bicyclic) bond motifs is 4. The molecule has 124 valence electrons. The predicted molar refractivity (Wildman–Crippen MR) is 91.9 cm³/mol. The maximum absolute atomic E-state index is 11.9. The highest BCUT2D eigenvalue weighted by molar-refractivity contribution is 5.93. The van der Waals surface area contributed by atoms with Crippen LogP contribution in [0.15, 0.2) is 34.9 Å². The SMILES string of the molecule is C[C@@]12CCC[C@H]1[C@H]1C(=C3CCC(=O)C=C3CC1C=CCO)CC2. The molecule has 4 aliphatic carbocycles. The van der Waals surface area contributed by atoms with E-state index in [2.05, 4.69) is 13.0 Å². The smallest absolute Gasteiger partial charge is 0.156 e. The number of aliphatic hydroxyl groups excluding tert-OH is 1. The summed E-state index contributed by atoms with van der Waals surface area (Å²) in [5.74, 6) is 2.22. The van der Waals surface area contributed by atoms with Crippen molar-refractivity contribution < 1.29 is 9.90 Å². The topological polar surface area (TPSA) is 37.3 Å². The van der Waals surface area contributed by atoms with Crippen molar-refractivity contribution in [2.45, 2.75) is 58.3 Å². The van der Waals surface area contributed by atoms with Crippen molar-refractivity contribution in [3.8, 4) is 0 Å². The Balaban J connectivity index is 1.79. The molecule has 0 amide bonds. The molecule has 4 aliphatic rings. The molecule has 0 aromatic rings. The van der Waals surface area contributed by atoms with E-state index in [9.17, 15) is 9.90 Å². The number of hydrogen-bond acceptors (Lipinski definition) is 2. The lowest BCUT2D eigenvalue weighted by atomic mass is 9.55. The zero-order valence-electron chi connectivity index (χ0n) is 14.2. The Bertz CT molecular complexity index is 609. The van der Waals surface area contributed by atoms with Crippen molar-refractivity contribution in [1.82, 2.24) is 0 Å². The van der Waals surface area contributed by atoms with Crippen LogP contribution in [0, 0.1) is 23.2 Å². The highest BCUT2D eigenvalue weighted by atomic mass is 16.2. The zero-order chi connectivity index (χ0) is 16.0. The van der Waals surface area contributed by atoms with Crippen LogP contribution in [0.2, 0.25) is 0 Å². The van der Waals surface area contributed by atoms with E-state index in [1.165, 1.54) is 43.3 Å². The molecule has 0 aliphatic heterocycles. The molecule has 0 heterocycles.